The van der Waals surface area contributed by atoms with Gasteiger partial charge in [-0.1, -0.05) is 56.8 Å². The maximum absolute atomic E-state index is 14.2. The Morgan fingerprint density at radius 3 is 2.08 bits per heavy atom. The minimum absolute atomic E-state index is 0. The summed E-state index contributed by atoms with van der Waals surface area (Å²) in [4.78, 5) is 151. The van der Waals surface area contributed by atoms with Gasteiger partial charge in [-0.2, -0.15) is 0 Å². The van der Waals surface area contributed by atoms with Crippen molar-refractivity contribution in [2.75, 3.05) is 90.7 Å². The number of aliphatic hydroxyl groups is 4. The number of carboxylic acid groups (broad SMARTS) is 2. The average molecular weight is 1820 g/mol. The van der Waals surface area contributed by atoms with E-state index in [1.165, 1.54) is 34.6 Å². The number of aryl methyl sites for hydroxylation is 1. The van der Waals surface area contributed by atoms with Gasteiger partial charge in [-0.05, 0) is 113 Å². The SMILES string of the molecule is CC[C@@]1(O)C(=O)OCc2c1cc1n(c2=O)Cc2c-1nc1ccccc1c2CCN(C(=O)OCc1ccc(NC(=O)[C@H](C)NC(=O)[C@@H](NC(=O)CCOCCOCCOCCOCCNC(=O)[C@H](CCC(=O)O)NC(=O)CCC(=O)Nc2ccc3c(c2)c2c(n3C)CN(C)N(C)[CH-]2)C(C)C)c(O[C@@H]2O[C@H](C(=O)O)[C@@H](O)[C@H](O)[C@H]2O)c1)C(C)C.[W]. The molecule has 0 radical (unpaired) electrons. The second-order valence-electron chi connectivity index (χ2n) is 29.6. The molecule has 0 saturated carbocycles. The van der Waals surface area contributed by atoms with Gasteiger partial charge in [0, 0.05) is 102 Å². The van der Waals surface area contributed by atoms with Crippen molar-refractivity contribution in [1.29, 1.82) is 0 Å². The maximum Gasteiger partial charge on any atom is 0.410 e. The molecule has 0 aliphatic carbocycles. The van der Waals surface area contributed by atoms with Gasteiger partial charge in [-0.15, -0.1) is 17.5 Å². The van der Waals surface area contributed by atoms with E-state index in [0.717, 1.165) is 33.1 Å². The van der Waals surface area contributed by atoms with Crippen molar-refractivity contribution >= 4 is 92.6 Å². The molecule has 6 aromatic rings. The summed E-state index contributed by atoms with van der Waals surface area (Å²) >= 11 is 0. The zero-order valence-electron chi connectivity index (χ0n) is 67.1. The first-order chi connectivity index (χ1) is 55.8. The maximum atomic E-state index is 14.2. The molecule has 4 aliphatic rings. The summed E-state index contributed by atoms with van der Waals surface area (Å²) in [6.07, 6.45) is -11.9. The van der Waals surface area contributed by atoms with E-state index in [4.69, 9.17) is 42.9 Å². The predicted molar refractivity (Wildman–Crippen MR) is 418 cm³/mol. The average Bonchev–Trinajstić information content (AvgIpc) is 1.54. The summed E-state index contributed by atoms with van der Waals surface area (Å²) in [5.74, 6) is -8.19. The van der Waals surface area contributed by atoms with Crippen molar-refractivity contribution in [3.05, 3.63) is 123 Å². The van der Waals surface area contributed by atoms with Gasteiger partial charge in [-0.3, -0.25) is 48.4 Å². The van der Waals surface area contributed by atoms with E-state index in [-0.39, 0.29) is 167 Å². The molecule has 7 heterocycles. The monoisotopic (exact) mass is 1820 g/mol. The number of aromatic nitrogens is 3. The summed E-state index contributed by atoms with van der Waals surface area (Å²) in [6, 6.07) is 14.7. The van der Waals surface area contributed by atoms with Gasteiger partial charge < -0.3 is 114 Å². The Kier molecular flexibility index (Phi) is 32.4. The Bertz CT molecular complexity index is 4730. The third-order valence-corrected chi connectivity index (χ3v) is 20.8. The molecule has 1 saturated heterocycles. The summed E-state index contributed by atoms with van der Waals surface area (Å²) in [5.41, 5.74) is 4.69. The van der Waals surface area contributed by atoms with Gasteiger partial charge >= 0.3 is 24.0 Å². The van der Waals surface area contributed by atoms with E-state index in [2.05, 4.69) is 41.5 Å². The van der Waals surface area contributed by atoms with Crippen LogP contribution >= 0.6 is 0 Å². The molecule has 3 aromatic carbocycles. The van der Waals surface area contributed by atoms with Crippen LogP contribution in [0, 0.1) is 12.5 Å². The third kappa shape index (κ3) is 22.3. The van der Waals surface area contributed by atoms with Gasteiger partial charge in [0.1, 0.15) is 55.4 Å². The van der Waals surface area contributed by atoms with Crippen LogP contribution in [0.4, 0.5) is 16.2 Å². The van der Waals surface area contributed by atoms with Crippen LogP contribution in [0.25, 0.3) is 33.2 Å². The molecule has 3 aromatic heterocycles. The molecule has 38 heteroatoms. The third-order valence-electron chi connectivity index (χ3n) is 20.8. The van der Waals surface area contributed by atoms with Gasteiger partial charge in [0.15, 0.2) is 11.7 Å². The smallest absolute Gasteiger partial charge is 0.410 e. The fourth-order valence-electron chi connectivity index (χ4n) is 14.0. The Morgan fingerprint density at radius 1 is 0.720 bits per heavy atom. The quantitative estimate of drug-likeness (QED) is 0.0149. The Balaban J connectivity index is 0.0000159. The molecule has 0 bridgehead atoms. The number of hydrogen-bond acceptors (Lipinski definition) is 26. The first kappa shape index (κ1) is 91.9. The summed E-state index contributed by atoms with van der Waals surface area (Å²) < 4.78 is 48.4. The Labute approximate surface area is 693 Å². The number of para-hydroxylation sites is 1. The van der Waals surface area contributed by atoms with E-state index in [1.54, 1.807) is 46.8 Å². The molecule has 118 heavy (non-hydrogen) atoms. The first-order valence-electron chi connectivity index (χ1n) is 38.7. The van der Waals surface area contributed by atoms with Crippen molar-refractivity contribution in [3.63, 3.8) is 0 Å². The predicted octanol–water partition coefficient (Wildman–Crippen LogP) is 2.16. The van der Waals surface area contributed by atoms with Crippen molar-refractivity contribution in [2.24, 2.45) is 13.0 Å². The fraction of sp³-hybridized carbons (Fsp3) is 0.512. The molecular weight excluding hydrogens is 1710 g/mol. The molecule has 4 aliphatic heterocycles. The molecule has 1 fully saturated rings. The largest absolute Gasteiger partial charge is 0.481 e. The van der Waals surface area contributed by atoms with Gasteiger partial charge in [0.05, 0.1) is 87.6 Å². The van der Waals surface area contributed by atoms with Crippen molar-refractivity contribution in [3.8, 4) is 17.1 Å². The van der Waals surface area contributed by atoms with Crippen LogP contribution in [-0.4, -0.2) is 254 Å². The number of pyridine rings is 2. The van der Waals surface area contributed by atoms with Crippen LogP contribution in [0.15, 0.2) is 71.5 Å². The summed E-state index contributed by atoms with van der Waals surface area (Å²) in [7, 11) is 5.94. The Hall–Kier alpha value is -10.0. The minimum atomic E-state index is -2.08. The Morgan fingerprint density at radius 2 is 1.40 bits per heavy atom. The number of ether oxygens (including phenoxy) is 8. The van der Waals surface area contributed by atoms with E-state index < -0.39 is 144 Å². The minimum Gasteiger partial charge on any atom is -0.481 e. The van der Waals surface area contributed by atoms with Crippen molar-refractivity contribution in [2.45, 2.75) is 173 Å². The number of aliphatic hydroxyl groups excluding tert-OH is 3. The number of nitrogens with zero attached hydrogens (tertiary/aromatic N) is 6. The van der Waals surface area contributed by atoms with Gasteiger partial charge in [0.25, 0.3) is 5.56 Å². The van der Waals surface area contributed by atoms with Gasteiger partial charge in [-0.25, -0.2) is 19.4 Å². The number of fused-ring (bicyclic) bond motifs is 8. The summed E-state index contributed by atoms with van der Waals surface area (Å²) in [5, 5.41) is 84.4. The first-order valence-corrected chi connectivity index (χ1v) is 38.7. The van der Waals surface area contributed by atoms with Crippen LogP contribution in [0.3, 0.4) is 0 Å². The van der Waals surface area contributed by atoms with E-state index in [0.29, 0.717) is 34.7 Å². The van der Waals surface area contributed by atoms with E-state index in [1.807, 2.05) is 69.1 Å². The van der Waals surface area contributed by atoms with Crippen LogP contribution in [0.2, 0.25) is 0 Å². The molecule has 7 amide bonds. The molecule has 37 nitrogen and oxygen atoms in total. The number of hydrogen-bond donors (Lipinski definition) is 12. The van der Waals surface area contributed by atoms with Crippen molar-refractivity contribution in [1.82, 2.24) is 50.3 Å². The molecule has 10 rings (SSSR count). The van der Waals surface area contributed by atoms with Crippen molar-refractivity contribution < 1.29 is 138 Å². The summed E-state index contributed by atoms with van der Waals surface area (Å²) in [6.45, 7) is 13.3. The zero-order valence-corrected chi connectivity index (χ0v) is 70.0. The topological polar surface area (TPSA) is 488 Å². The number of anilines is 2. The zero-order chi connectivity index (χ0) is 84.7. The molecular formula is C80H103N12O25W-. The molecule has 640 valence electrons. The van der Waals surface area contributed by atoms with E-state index in [9.17, 15) is 83.4 Å². The number of nitrogens with one attached hydrogen (secondary N) is 6. The van der Waals surface area contributed by atoms with Gasteiger partial charge in [0.2, 0.25) is 41.7 Å². The number of carbonyl (C=O) groups is 10. The van der Waals surface area contributed by atoms with E-state index >= 15 is 0 Å². The number of benzene rings is 3. The number of carbonyl (C=O) groups excluding carboxylic acids is 8. The molecule has 12 N–H and O–H groups in total. The number of cyclic esters (lactones) is 1. The number of amides is 7. The van der Waals surface area contributed by atoms with Crippen LogP contribution in [-0.2, 0) is 143 Å². The van der Waals surface area contributed by atoms with Crippen LogP contribution < -0.4 is 42.2 Å². The molecule has 0 unspecified atom stereocenters. The number of aliphatic carboxylic acids is 2. The second kappa shape index (κ2) is 41.6. The van der Waals surface area contributed by atoms with Crippen LogP contribution in [0.1, 0.15) is 119 Å². The molecule has 9 atom stereocenters. The number of carboxylic acids is 2. The molecule has 0 spiro atoms. The number of hydrazine groups is 1. The second-order valence-corrected chi connectivity index (χ2v) is 29.6. The normalized spacial score (nSPS) is 18.9. The standard InChI is InChI=1S/C80H103N12O25.W/c1-10-80(109)54-37-59-67-52(39-92(59)75(104)53(54)42-114-78(80)107)48(49-13-11-12-14-55(49)85-67)23-26-91(44(4)5)79(108)115-41-46-15-17-56(61(35-46)116-77-70(100)68(98)69(99)71(117-77)76(105)106)86-72(101)45(6)82-74(103)66(43(2)3)87-64(95)24-27-110-29-31-112-33-34-113-32-30-111-28-25-81-73(102)57(18-22-65(96)97)84-63(94)21-20-62(93)83-47-16-19-58-50(36-47)51-38-88(7)89(8)40-60(51)90(58)9;/h11-17,19,35-38,43-45,57,66,68-71,77,98-100,109H,10,18,20-34,39-42H2,1-9H3,(H,81,102)(H,82,103)(H,83,93)(H,84,94)(H,86,101)(H,87,95)(H,96,97)(H,105,106);/q-1;/t45-,57-,66-,68-,69-,70+,71-,77+,80-;/m0./s1. The number of rotatable bonds is 40. The number of esters is 1. The van der Waals surface area contributed by atoms with Crippen LogP contribution in [0.5, 0.6) is 5.75 Å². The fourth-order valence-corrected chi connectivity index (χ4v) is 14.0.